The summed E-state index contributed by atoms with van der Waals surface area (Å²) in [7, 11) is 1.61. The van der Waals surface area contributed by atoms with Gasteiger partial charge in [0, 0.05) is 7.05 Å². The molecule has 0 unspecified atom stereocenters. The molecule has 1 aromatic heterocycles. The molecule has 0 saturated heterocycles. The lowest BCUT2D eigenvalue weighted by atomic mass is 10.2. The fraction of sp³-hybridized carbons (Fsp3) is 0.583. The number of aldehydes is 1. The van der Waals surface area contributed by atoms with Crippen LogP contribution in [0.25, 0.3) is 0 Å². The van der Waals surface area contributed by atoms with E-state index in [-0.39, 0.29) is 18.2 Å². The van der Waals surface area contributed by atoms with Crippen molar-refractivity contribution < 1.29 is 23.6 Å². The highest BCUT2D eigenvalue weighted by atomic mass is 16.6. The Balaban J connectivity index is 2.32. The summed E-state index contributed by atoms with van der Waals surface area (Å²) in [6.45, 7) is 5.95. The number of rotatable bonds is 5. The summed E-state index contributed by atoms with van der Waals surface area (Å²) in [6, 6.07) is 1.38. The lowest BCUT2D eigenvalue weighted by Gasteiger charge is -2.24. The van der Waals surface area contributed by atoms with Gasteiger partial charge in [0.2, 0.25) is 5.76 Å². The van der Waals surface area contributed by atoms with Gasteiger partial charge in [0.05, 0.1) is 12.6 Å². The molecule has 0 fully saturated rings. The predicted octanol–water partition coefficient (Wildman–Crippen LogP) is 1.73. The van der Waals surface area contributed by atoms with E-state index in [1.54, 1.807) is 27.8 Å². The van der Waals surface area contributed by atoms with E-state index in [1.165, 1.54) is 11.0 Å². The Bertz CT molecular complexity index is 436. The number of ether oxygens (including phenoxy) is 2. The molecule has 1 heterocycles. The molecule has 1 rings (SSSR count). The number of carbonyl (C=O) groups is 2. The highest BCUT2D eigenvalue weighted by Crippen LogP contribution is 2.10. The lowest BCUT2D eigenvalue weighted by molar-refractivity contribution is 0.0276. The van der Waals surface area contributed by atoms with Crippen LogP contribution in [0.2, 0.25) is 0 Å². The molecule has 0 radical (unpaired) electrons. The summed E-state index contributed by atoms with van der Waals surface area (Å²) in [5.74, 6) is 0.301. The van der Waals surface area contributed by atoms with Crippen molar-refractivity contribution in [2.45, 2.75) is 26.4 Å². The SMILES string of the molecule is CN(CCOc1cc(C=O)on1)C(=O)OC(C)(C)C. The van der Waals surface area contributed by atoms with Gasteiger partial charge in [0.1, 0.15) is 12.2 Å². The first-order valence-corrected chi connectivity index (χ1v) is 5.80. The molecule has 1 aromatic rings. The summed E-state index contributed by atoms with van der Waals surface area (Å²) in [4.78, 5) is 23.4. The largest absolute Gasteiger partial charge is 0.474 e. The second kappa shape index (κ2) is 6.21. The summed E-state index contributed by atoms with van der Waals surface area (Å²) in [6.07, 6.45) is 0.108. The first kappa shape index (κ1) is 15.0. The van der Waals surface area contributed by atoms with Crippen molar-refractivity contribution in [2.75, 3.05) is 20.2 Å². The minimum atomic E-state index is -0.531. The standard InChI is InChI=1S/C12H18N2O5/c1-12(2,3)18-11(16)14(4)5-6-17-10-7-9(8-15)19-13-10/h7-8H,5-6H2,1-4H3. The average Bonchev–Trinajstić information content (AvgIpc) is 2.74. The first-order valence-electron chi connectivity index (χ1n) is 5.80. The molecule has 0 aliphatic carbocycles. The predicted molar refractivity (Wildman–Crippen MR) is 66.2 cm³/mol. The monoisotopic (exact) mass is 270 g/mol. The van der Waals surface area contributed by atoms with E-state index in [2.05, 4.69) is 9.68 Å². The normalized spacial score (nSPS) is 10.9. The third-order valence-corrected chi connectivity index (χ3v) is 2.00. The van der Waals surface area contributed by atoms with Crippen molar-refractivity contribution in [2.24, 2.45) is 0 Å². The molecule has 0 saturated carbocycles. The Labute approximate surface area is 111 Å². The van der Waals surface area contributed by atoms with Crippen LogP contribution in [0.5, 0.6) is 5.88 Å². The Morgan fingerprint density at radius 2 is 2.21 bits per heavy atom. The van der Waals surface area contributed by atoms with Crippen molar-refractivity contribution in [1.82, 2.24) is 10.1 Å². The second-order valence-corrected chi connectivity index (χ2v) is 4.94. The molecule has 106 valence electrons. The van der Waals surface area contributed by atoms with E-state index in [0.717, 1.165) is 0 Å². The van der Waals surface area contributed by atoms with E-state index in [4.69, 9.17) is 9.47 Å². The molecule has 0 spiro atoms. The van der Waals surface area contributed by atoms with Crippen LogP contribution in [0.4, 0.5) is 4.79 Å². The van der Waals surface area contributed by atoms with E-state index >= 15 is 0 Å². The summed E-state index contributed by atoms with van der Waals surface area (Å²) >= 11 is 0. The van der Waals surface area contributed by atoms with Gasteiger partial charge in [-0.05, 0) is 25.9 Å². The summed E-state index contributed by atoms with van der Waals surface area (Å²) in [5, 5.41) is 3.52. The van der Waals surface area contributed by atoms with E-state index in [1.807, 2.05) is 0 Å². The zero-order chi connectivity index (χ0) is 14.5. The molecule has 0 N–H and O–H groups in total. The molecule has 7 nitrogen and oxygen atoms in total. The number of hydrogen-bond donors (Lipinski definition) is 0. The molecule has 0 aliphatic rings. The van der Waals surface area contributed by atoms with Crippen molar-refractivity contribution in [3.63, 3.8) is 0 Å². The maximum Gasteiger partial charge on any atom is 0.410 e. The molecular weight excluding hydrogens is 252 g/mol. The minimum absolute atomic E-state index is 0.0931. The Morgan fingerprint density at radius 3 is 2.74 bits per heavy atom. The Hall–Kier alpha value is -2.05. The Morgan fingerprint density at radius 1 is 1.53 bits per heavy atom. The average molecular weight is 270 g/mol. The molecule has 0 aliphatic heterocycles. The Kier molecular flexibility index (Phi) is 4.91. The fourth-order valence-electron chi connectivity index (χ4n) is 1.11. The number of carbonyl (C=O) groups excluding carboxylic acids is 2. The maximum atomic E-state index is 11.6. The molecule has 7 heteroatoms. The van der Waals surface area contributed by atoms with Crippen molar-refractivity contribution in [3.05, 3.63) is 11.8 Å². The van der Waals surface area contributed by atoms with Gasteiger partial charge in [0.15, 0.2) is 6.29 Å². The number of likely N-dealkylation sites (N-methyl/N-ethyl adjacent to an activating group) is 1. The maximum absolute atomic E-state index is 11.6. The quantitative estimate of drug-likeness (QED) is 0.758. The van der Waals surface area contributed by atoms with E-state index < -0.39 is 11.7 Å². The highest BCUT2D eigenvalue weighted by Gasteiger charge is 2.19. The van der Waals surface area contributed by atoms with Gasteiger partial charge in [-0.1, -0.05) is 0 Å². The minimum Gasteiger partial charge on any atom is -0.474 e. The van der Waals surface area contributed by atoms with Gasteiger partial charge in [-0.3, -0.25) is 4.79 Å². The molecule has 0 atom stereocenters. The molecular formula is C12H18N2O5. The topological polar surface area (TPSA) is 81.9 Å². The molecule has 1 amide bonds. The van der Waals surface area contributed by atoms with E-state index in [9.17, 15) is 9.59 Å². The third-order valence-electron chi connectivity index (χ3n) is 2.00. The van der Waals surface area contributed by atoms with Gasteiger partial charge >= 0.3 is 6.09 Å². The van der Waals surface area contributed by atoms with Crippen LogP contribution in [0, 0.1) is 0 Å². The molecule has 0 bridgehead atoms. The van der Waals surface area contributed by atoms with Gasteiger partial charge in [-0.2, -0.15) is 0 Å². The van der Waals surface area contributed by atoms with Crippen LogP contribution in [0.1, 0.15) is 31.3 Å². The first-order chi connectivity index (χ1) is 8.81. The lowest BCUT2D eigenvalue weighted by Crippen LogP contribution is -2.36. The van der Waals surface area contributed by atoms with Crippen LogP contribution in [0.15, 0.2) is 10.6 Å². The fourth-order valence-corrected chi connectivity index (χ4v) is 1.11. The summed E-state index contributed by atoms with van der Waals surface area (Å²) < 4.78 is 15.0. The van der Waals surface area contributed by atoms with Gasteiger partial charge in [-0.25, -0.2) is 4.79 Å². The molecule has 19 heavy (non-hydrogen) atoms. The van der Waals surface area contributed by atoms with Crippen LogP contribution in [0.3, 0.4) is 0 Å². The smallest absolute Gasteiger partial charge is 0.410 e. The number of amides is 1. The zero-order valence-electron chi connectivity index (χ0n) is 11.5. The van der Waals surface area contributed by atoms with Crippen molar-refractivity contribution in [1.29, 1.82) is 0 Å². The highest BCUT2D eigenvalue weighted by molar-refractivity contribution is 5.70. The zero-order valence-corrected chi connectivity index (χ0v) is 11.5. The van der Waals surface area contributed by atoms with Gasteiger partial charge < -0.3 is 18.9 Å². The van der Waals surface area contributed by atoms with E-state index in [0.29, 0.717) is 12.8 Å². The van der Waals surface area contributed by atoms with Crippen LogP contribution in [-0.4, -0.2) is 48.2 Å². The molecule has 0 aromatic carbocycles. The van der Waals surface area contributed by atoms with Gasteiger partial charge in [0.25, 0.3) is 5.88 Å². The summed E-state index contributed by atoms with van der Waals surface area (Å²) in [5.41, 5.74) is -0.531. The van der Waals surface area contributed by atoms with Crippen molar-refractivity contribution >= 4 is 12.4 Å². The van der Waals surface area contributed by atoms with Crippen LogP contribution < -0.4 is 4.74 Å². The van der Waals surface area contributed by atoms with Crippen LogP contribution >= 0.6 is 0 Å². The van der Waals surface area contributed by atoms with Crippen molar-refractivity contribution in [3.8, 4) is 5.88 Å². The second-order valence-electron chi connectivity index (χ2n) is 4.94. The number of aromatic nitrogens is 1. The van der Waals surface area contributed by atoms with Gasteiger partial charge in [-0.15, -0.1) is 0 Å². The third kappa shape index (κ3) is 5.41. The number of hydrogen-bond acceptors (Lipinski definition) is 6. The van der Waals surface area contributed by atoms with Crippen LogP contribution in [-0.2, 0) is 4.74 Å². The number of nitrogens with zero attached hydrogens (tertiary/aromatic N) is 2.